The van der Waals surface area contributed by atoms with Gasteiger partial charge in [-0.3, -0.25) is 0 Å². The molecule has 1 aliphatic heterocycles. The predicted octanol–water partition coefficient (Wildman–Crippen LogP) is 1.46. The summed E-state index contributed by atoms with van der Waals surface area (Å²) in [6.07, 6.45) is 1.67. The molecular weight excluding hydrogens is 276 g/mol. The van der Waals surface area contributed by atoms with Gasteiger partial charge in [-0.05, 0) is 31.5 Å². The maximum atomic E-state index is 12.8. The lowest BCUT2D eigenvalue weighted by atomic mass is 10.2. The molecular formula is C14H22N2O3S. The molecule has 1 aromatic rings. The van der Waals surface area contributed by atoms with Gasteiger partial charge in [-0.1, -0.05) is 13.0 Å². The molecule has 0 amide bonds. The second kappa shape index (κ2) is 6.56. The quantitative estimate of drug-likeness (QED) is 0.864. The van der Waals surface area contributed by atoms with Crippen molar-refractivity contribution in [1.29, 1.82) is 0 Å². The molecule has 0 aliphatic carbocycles. The third-order valence-corrected chi connectivity index (χ3v) is 5.48. The van der Waals surface area contributed by atoms with Gasteiger partial charge in [0.25, 0.3) is 0 Å². The lowest BCUT2D eigenvalue weighted by molar-refractivity contribution is 0.334. The summed E-state index contributed by atoms with van der Waals surface area (Å²) in [5.41, 5.74) is 0. The summed E-state index contributed by atoms with van der Waals surface area (Å²) in [6, 6.07) is 6.72. The monoisotopic (exact) mass is 298 g/mol. The molecule has 1 fully saturated rings. The average Bonchev–Trinajstić information content (AvgIpc) is 2.98. The number of ether oxygens (including phenoxy) is 1. The molecule has 1 saturated heterocycles. The van der Waals surface area contributed by atoms with Crippen molar-refractivity contribution in [3.05, 3.63) is 24.3 Å². The van der Waals surface area contributed by atoms with E-state index in [9.17, 15) is 8.42 Å². The Morgan fingerprint density at radius 2 is 2.25 bits per heavy atom. The summed E-state index contributed by atoms with van der Waals surface area (Å²) in [5.74, 6) is 0.562. The van der Waals surface area contributed by atoms with E-state index in [1.165, 1.54) is 7.11 Å². The van der Waals surface area contributed by atoms with Crippen LogP contribution < -0.4 is 10.1 Å². The van der Waals surface area contributed by atoms with Crippen LogP contribution in [0, 0.1) is 0 Å². The average molecular weight is 298 g/mol. The third-order valence-electron chi connectivity index (χ3n) is 3.53. The van der Waals surface area contributed by atoms with Crippen LogP contribution >= 0.6 is 0 Å². The number of sulfonamides is 1. The normalized spacial score (nSPS) is 19.4. The Kier molecular flexibility index (Phi) is 5.01. The standard InChI is InChI=1S/C14H22N2O3S/c1-3-9-16(12-7-8-15-11-12)20(17,18)14-6-4-5-13(10-14)19-2/h4-6,10,12,15H,3,7-9,11H2,1-2H3. The van der Waals surface area contributed by atoms with Gasteiger partial charge in [0, 0.05) is 25.2 Å². The highest BCUT2D eigenvalue weighted by atomic mass is 32.2. The number of hydrogen-bond acceptors (Lipinski definition) is 4. The Morgan fingerprint density at radius 1 is 1.45 bits per heavy atom. The van der Waals surface area contributed by atoms with Crippen LogP contribution in [0.5, 0.6) is 5.75 Å². The fourth-order valence-electron chi connectivity index (χ4n) is 2.50. The Morgan fingerprint density at radius 3 is 2.85 bits per heavy atom. The van der Waals surface area contributed by atoms with Gasteiger partial charge in [0.1, 0.15) is 5.75 Å². The van der Waals surface area contributed by atoms with Crippen molar-refractivity contribution in [2.24, 2.45) is 0 Å². The van der Waals surface area contributed by atoms with E-state index in [0.717, 1.165) is 25.9 Å². The number of benzene rings is 1. The highest BCUT2D eigenvalue weighted by Gasteiger charge is 2.32. The minimum Gasteiger partial charge on any atom is -0.497 e. The molecule has 0 saturated carbocycles. The zero-order valence-corrected chi connectivity index (χ0v) is 12.8. The van der Waals surface area contributed by atoms with Gasteiger partial charge in [-0.15, -0.1) is 0 Å². The van der Waals surface area contributed by atoms with Crippen molar-refractivity contribution in [2.75, 3.05) is 26.7 Å². The number of nitrogens with zero attached hydrogens (tertiary/aromatic N) is 1. The van der Waals surface area contributed by atoms with E-state index in [1.54, 1.807) is 28.6 Å². The van der Waals surface area contributed by atoms with Crippen molar-refractivity contribution < 1.29 is 13.2 Å². The summed E-state index contributed by atoms with van der Waals surface area (Å²) in [5, 5.41) is 3.23. The highest BCUT2D eigenvalue weighted by Crippen LogP contribution is 2.24. The van der Waals surface area contributed by atoms with Crippen LogP contribution in [-0.2, 0) is 10.0 Å². The summed E-state index contributed by atoms with van der Waals surface area (Å²) in [6.45, 7) is 4.14. The van der Waals surface area contributed by atoms with Crippen LogP contribution in [0.3, 0.4) is 0 Å². The van der Waals surface area contributed by atoms with E-state index in [0.29, 0.717) is 17.2 Å². The number of methoxy groups -OCH3 is 1. The van der Waals surface area contributed by atoms with Crippen molar-refractivity contribution >= 4 is 10.0 Å². The largest absolute Gasteiger partial charge is 0.497 e. The SMILES string of the molecule is CCCN(C1CCNC1)S(=O)(=O)c1cccc(OC)c1. The molecule has 0 spiro atoms. The van der Waals surface area contributed by atoms with Gasteiger partial charge in [0.2, 0.25) is 10.0 Å². The maximum absolute atomic E-state index is 12.8. The maximum Gasteiger partial charge on any atom is 0.243 e. The first-order chi connectivity index (χ1) is 9.59. The van der Waals surface area contributed by atoms with Crippen molar-refractivity contribution in [1.82, 2.24) is 9.62 Å². The molecule has 1 unspecified atom stereocenters. The fourth-order valence-corrected chi connectivity index (χ4v) is 4.28. The van der Waals surface area contributed by atoms with Crippen molar-refractivity contribution in [3.63, 3.8) is 0 Å². The van der Waals surface area contributed by atoms with Gasteiger partial charge in [0.05, 0.1) is 12.0 Å². The first-order valence-corrected chi connectivity index (χ1v) is 8.40. The van der Waals surface area contributed by atoms with Crippen LogP contribution in [0.4, 0.5) is 0 Å². The van der Waals surface area contributed by atoms with Crippen molar-refractivity contribution in [3.8, 4) is 5.75 Å². The van der Waals surface area contributed by atoms with Gasteiger partial charge in [0.15, 0.2) is 0 Å². The van der Waals surface area contributed by atoms with Crippen LogP contribution in [-0.4, -0.2) is 45.5 Å². The molecule has 1 N–H and O–H groups in total. The van der Waals surface area contributed by atoms with Gasteiger partial charge >= 0.3 is 0 Å². The molecule has 20 heavy (non-hydrogen) atoms. The van der Waals surface area contributed by atoms with Gasteiger partial charge in [-0.2, -0.15) is 4.31 Å². The van der Waals surface area contributed by atoms with Crippen LogP contribution in [0.1, 0.15) is 19.8 Å². The van der Waals surface area contributed by atoms with Crippen LogP contribution in [0.15, 0.2) is 29.2 Å². The molecule has 112 valence electrons. The Hall–Kier alpha value is -1.11. The molecule has 0 radical (unpaired) electrons. The Labute approximate surface area is 121 Å². The van der Waals surface area contributed by atoms with E-state index < -0.39 is 10.0 Å². The second-order valence-electron chi connectivity index (χ2n) is 4.94. The molecule has 1 aliphatic rings. The summed E-state index contributed by atoms with van der Waals surface area (Å²) in [4.78, 5) is 0.303. The summed E-state index contributed by atoms with van der Waals surface area (Å²) in [7, 11) is -1.93. The van der Waals surface area contributed by atoms with Gasteiger partial charge in [-0.25, -0.2) is 8.42 Å². The molecule has 5 nitrogen and oxygen atoms in total. The van der Waals surface area contributed by atoms with E-state index in [-0.39, 0.29) is 6.04 Å². The number of nitrogens with one attached hydrogen (secondary N) is 1. The topological polar surface area (TPSA) is 58.6 Å². The smallest absolute Gasteiger partial charge is 0.243 e. The zero-order chi connectivity index (χ0) is 14.6. The van der Waals surface area contributed by atoms with Crippen LogP contribution in [0.25, 0.3) is 0 Å². The third kappa shape index (κ3) is 3.13. The Balaban J connectivity index is 2.33. The predicted molar refractivity (Wildman–Crippen MR) is 78.5 cm³/mol. The zero-order valence-electron chi connectivity index (χ0n) is 12.0. The highest BCUT2D eigenvalue weighted by molar-refractivity contribution is 7.89. The lowest BCUT2D eigenvalue weighted by Crippen LogP contribution is -2.41. The molecule has 1 aromatic carbocycles. The number of rotatable bonds is 6. The molecule has 2 rings (SSSR count). The van der Waals surface area contributed by atoms with E-state index in [4.69, 9.17) is 4.74 Å². The van der Waals surface area contributed by atoms with Crippen molar-refractivity contribution in [2.45, 2.75) is 30.7 Å². The van der Waals surface area contributed by atoms with E-state index in [1.807, 2.05) is 6.92 Å². The molecule has 6 heteroatoms. The fraction of sp³-hybridized carbons (Fsp3) is 0.571. The minimum absolute atomic E-state index is 0.0474. The van der Waals surface area contributed by atoms with E-state index >= 15 is 0 Å². The first kappa shape index (κ1) is 15.3. The summed E-state index contributed by atoms with van der Waals surface area (Å²) >= 11 is 0. The molecule has 1 atom stereocenters. The molecule has 0 aromatic heterocycles. The summed E-state index contributed by atoms with van der Waals surface area (Å²) < 4.78 is 32.4. The van der Waals surface area contributed by atoms with Crippen LogP contribution in [0.2, 0.25) is 0 Å². The van der Waals surface area contributed by atoms with E-state index in [2.05, 4.69) is 5.32 Å². The Bertz CT molecular complexity index is 539. The second-order valence-corrected chi connectivity index (χ2v) is 6.83. The molecule has 0 bridgehead atoms. The lowest BCUT2D eigenvalue weighted by Gasteiger charge is -2.27. The number of hydrogen-bond donors (Lipinski definition) is 1. The minimum atomic E-state index is -3.47. The first-order valence-electron chi connectivity index (χ1n) is 6.96. The molecule has 1 heterocycles. The van der Waals surface area contributed by atoms with Gasteiger partial charge < -0.3 is 10.1 Å².